The Balaban J connectivity index is 1.36. The van der Waals surface area contributed by atoms with E-state index in [1.807, 2.05) is 132 Å². The molecule has 0 saturated heterocycles. The molecule has 0 bridgehead atoms. The number of amides is 2. The fourth-order valence-corrected chi connectivity index (χ4v) is 7.57. The number of nitrogens with zero attached hydrogens (tertiary/aromatic N) is 4. The van der Waals surface area contributed by atoms with E-state index in [-0.39, 0.29) is 5.56 Å². The lowest BCUT2D eigenvalue weighted by Crippen LogP contribution is -2.29. The first kappa shape index (κ1) is 30.5. The lowest BCUT2D eigenvalue weighted by Gasteiger charge is -2.17. The minimum atomic E-state index is -0.430. The number of hydrogen-bond donors (Lipinski definition) is 0. The van der Waals surface area contributed by atoms with Crippen molar-refractivity contribution in [2.75, 3.05) is 4.90 Å². The molecule has 7 aromatic carbocycles. The van der Waals surface area contributed by atoms with Crippen LogP contribution in [0.4, 0.5) is 5.69 Å². The van der Waals surface area contributed by atoms with Crippen LogP contribution in [0.5, 0.6) is 0 Å². The molecule has 0 saturated carbocycles. The fourth-order valence-electron chi connectivity index (χ4n) is 7.57. The van der Waals surface area contributed by atoms with Crippen LogP contribution in [0.15, 0.2) is 158 Å². The normalized spacial score (nSPS) is 12.2. The Labute approximate surface area is 299 Å². The van der Waals surface area contributed by atoms with Crippen LogP contribution < -0.4 is 4.90 Å². The van der Waals surface area contributed by atoms with Gasteiger partial charge in [0.2, 0.25) is 0 Å². The minimum absolute atomic E-state index is 0.281. The molecule has 8 aromatic rings. The molecule has 6 heteroatoms. The third-order valence-corrected chi connectivity index (χ3v) is 9.83. The zero-order valence-corrected chi connectivity index (χ0v) is 27.6. The standard InChI is InChI=1S/C46H26N4O2/c47-27-31-14-4-6-18-34(31)36-20-9-22-38-39-23-10-21-37(35-19-7-5-15-32(35)28-48)44(39)50(43(36)38)41-25-11-24-40-42(41)46(52)49(45(40)51)33-17-8-16-30(26-33)29-12-2-1-3-13-29/h1-26H. The van der Waals surface area contributed by atoms with E-state index in [4.69, 9.17) is 0 Å². The average Bonchev–Trinajstić information content (AvgIpc) is 3.69. The van der Waals surface area contributed by atoms with Crippen molar-refractivity contribution in [3.05, 3.63) is 180 Å². The largest absolute Gasteiger partial charge is 0.307 e. The molecular formula is C46H26N4O2. The van der Waals surface area contributed by atoms with E-state index in [0.29, 0.717) is 28.1 Å². The van der Waals surface area contributed by atoms with Gasteiger partial charge in [0.15, 0.2) is 0 Å². The number of fused-ring (bicyclic) bond motifs is 4. The quantitative estimate of drug-likeness (QED) is 0.171. The van der Waals surface area contributed by atoms with E-state index < -0.39 is 11.8 Å². The van der Waals surface area contributed by atoms with Gasteiger partial charge in [0.25, 0.3) is 11.8 Å². The minimum Gasteiger partial charge on any atom is -0.307 e. The molecule has 52 heavy (non-hydrogen) atoms. The predicted octanol–water partition coefficient (Wildman–Crippen LogP) is 10.3. The summed E-state index contributed by atoms with van der Waals surface area (Å²) in [5, 5.41) is 22.1. The summed E-state index contributed by atoms with van der Waals surface area (Å²) >= 11 is 0. The second-order valence-corrected chi connectivity index (χ2v) is 12.6. The number of anilines is 1. The van der Waals surface area contributed by atoms with Gasteiger partial charge < -0.3 is 4.57 Å². The van der Waals surface area contributed by atoms with Crippen LogP contribution in [0.2, 0.25) is 0 Å². The SMILES string of the molecule is N#Cc1ccccc1-c1cccc2c3cccc(-c4ccccc4C#N)c3n(-c3cccc4c3C(=O)N(c3cccc(-c5ccccc5)c3)C4=O)c12. The third kappa shape index (κ3) is 4.56. The lowest BCUT2D eigenvalue weighted by molar-refractivity contribution is 0.0926. The summed E-state index contributed by atoms with van der Waals surface area (Å²) in [5.74, 6) is -0.835. The average molecular weight is 667 g/mol. The summed E-state index contributed by atoms with van der Waals surface area (Å²) < 4.78 is 2.05. The molecule has 0 unspecified atom stereocenters. The molecule has 0 radical (unpaired) electrons. The van der Waals surface area contributed by atoms with Crippen molar-refractivity contribution in [3.63, 3.8) is 0 Å². The summed E-state index contributed by atoms with van der Waals surface area (Å²) in [6.45, 7) is 0. The zero-order valence-electron chi connectivity index (χ0n) is 27.6. The van der Waals surface area contributed by atoms with Gasteiger partial charge in [0, 0.05) is 33.0 Å². The molecule has 242 valence electrons. The molecule has 2 amide bonds. The van der Waals surface area contributed by atoms with Gasteiger partial charge in [0.1, 0.15) is 0 Å². The fraction of sp³-hybridized carbons (Fsp3) is 0. The number of imide groups is 1. The molecule has 0 N–H and O–H groups in total. The van der Waals surface area contributed by atoms with Gasteiger partial charge in [-0.05, 0) is 47.5 Å². The summed E-state index contributed by atoms with van der Waals surface area (Å²) in [7, 11) is 0. The smallest absolute Gasteiger partial charge is 0.268 e. The Hall–Kier alpha value is -7.54. The Morgan fingerprint density at radius 2 is 0.942 bits per heavy atom. The number of aromatic nitrogens is 1. The van der Waals surface area contributed by atoms with Crippen molar-refractivity contribution in [1.82, 2.24) is 4.57 Å². The first-order chi connectivity index (χ1) is 25.6. The van der Waals surface area contributed by atoms with Crippen LogP contribution >= 0.6 is 0 Å². The van der Waals surface area contributed by atoms with Gasteiger partial charge in [-0.3, -0.25) is 9.59 Å². The number of para-hydroxylation sites is 2. The van der Waals surface area contributed by atoms with E-state index in [9.17, 15) is 20.1 Å². The summed E-state index contributed by atoms with van der Waals surface area (Å²) in [5.41, 5.74) is 9.11. The van der Waals surface area contributed by atoms with Crippen LogP contribution in [0.25, 0.3) is 60.9 Å². The number of hydrogen-bond acceptors (Lipinski definition) is 4. The Kier molecular flexibility index (Phi) is 7.10. The second kappa shape index (κ2) is 12.1. The van der Waals surface area contributed by atoms with Gasteiger partial charge in [-0.15, -0.1) is 0 Å². The maximum absolute atomic E-state index is 14.8. The predicted molar refractivity (Wildman–Crippen MR) is 204 cm³/mol. The number of rotatable bonds is 5. The van der Waals surface area contributed by atoms with E-state index >= 15 is 0 Å². The van der Waals surface area contributed by atoms with Gasteiger partial charge >= 0.3 is 0 Å². The highest BCUT2D eigenvalue weighted by Gasteiger charge is 2.40. The topological polar surface area (TPSA) is 89.9 Å². The van der Waals surface area contributed by atoms with Crippen LogP contribution in [0.3, 0.4) is 0 Å². The number of carbonyl (C=O) groups is 2. The van der Waals surface area contributed by atoms with Gasteiger partial charge in [-0.25, -0.2) is 4.90 Å². The summed E-state index contributed by atoms with van der Waals surface area (Å²) in [4.78, 5) is 30.3. The van der Waals surface area contributed by atoms with Crippen LogP contribution in [0, 0.1) is 22.7 Å². The molecule has 0 atom stereocenters. The summed E-state index contributed by atoms with van der Waals surface area (Å²) in [6.07, 6.45) is 0. The second-order valence-electron chi connectivity index (χ2n) is 12.6. The van der Waals surface area contributed by atoms with E-state index in [2.05, 4.69) is 12.1 Å². The van der Waals surface area contributed by atoms with Gasteiger partial charge in [-0.1, -0.05) is 121 Å². The maximum Gasteiger partial charge on any atom is 0.268 e. The number of carbonyl (C=O) groups excluding carboxylic acids is 2. The highest BCUT2D eigenvalue weighted by Crippen LogP contribution is 2.45. The summed E-state index contributed by atoms with van der Waals surface area (Å²) in [6, 6.07) is 54.2. The van der Waals surface area contributed by atoms with Crippen molar-refractivity contribution in [1.29, 1.82) is 10.5 Å². The van der Waals surface area contributed by atoms with Gasteiger partial charge in [-0.2, -0.15) is 10.5 Å². The highest BCUT2D eigenvalue weighted by atomic mass is 16.2. The molecule has 6 nitrogen and oxygen atoms in total. The molecule has 0 fully saturated rings. The maximum atomic E-state index is 14.8. The molecule has 1 aliphatic rings. The molecule has 2 heterocycles. The molecule has 0 spiro atoms. The molecule has 0 aliphatic carbocycles. The number of nitriles is 2. The van der Waals surface area contributed by atoms with E-state index in [1.54, 1.807) is 30.3 Å². The molecular weight excluding hydrogens is 641 g/mol. The van der Waals surface area contributed by atoms with Gasteiger partial charge in [0.05, 0.1) is 56.8 Å². The van der Waals surface area contributed by atoms with Crippen LogP contribution in [-0.4, -0.2) is 16.4 Å². The van der Waals surface area contributed by atoms with E-state index in [0.717, 1.165) is 55.2 Å². The Morgan fingerprint density at radius 3 is 1.56 bits per heavy atom. The highest BCUT2D eigenvalue weighted by molar-refractivity contribution is 6.36. The molecule has 9 rings (SSSR count). The molecule has 1 aromatic heterocycles. The van der Waals surface area contributed by atoms with Crippen LogP contribution in [-0.2, 0) is 0 Å². The van der Waals surface area contributed by atoms with Crippen molar-refractivity contribution in [2.45, 2.75) is 0 Å². The molecule has 1 aliphatic heterocycles. The third-order valence-electron chi connectivity index (χ3n) is 9.83. The van der Waals surface area contributed by atoms with Crippen molar-refractivity contribution >= 4 is 39.3 Å². The lowest BCUT2D eigenvalue weighted by atomic mass is 9.96. The monoisotopic (exact) mass is 666 g/mol. The number of benzene rings is 7. The zero-order chi connectivity index (χ0) is 35.3. The van der Waals surface area contributed by atoms with Crippen LogP contribution in [0.1, 0.15) is 31.8 Å². The first-order valence-corrected chi connectivity index (χ1v) is 16.8. The van der Waals surface area contributed by atoms with E-state index in [1.165, 1.54) is 4.90 Å². The Bertz CT molecular complexity index is 2760. The van der Waals surface area contributed by atoms with Crippen molar-refractivity contribution < 1.29 is 9.59 Å². The van der Waals surface area contributed by atoms with Crippen molar-refractivity contribution in [2.24, 2.45) is 0 Å². The first-order valence-electron chi connectivity index (χ1n) is 16.8. The van der Waals surface area contributed by atoms with Crippen molar-refractivity contribution in [3.8, 4) is 51.2 Å². The Morgan fingerprint density at radius 1 is 0.442 bits per heavy atom.